The molecule has 0 aliphatic rings. The lowest BCUT2D eigenvalue weighted by Gasteiger charge is -2.07. The lowest BCUT2D eigenvalue weighted by molar-refractivity contribution is -0.385. The summed E-state index contributed by atoms with van der Waals surface area (Å²) in [4.78, 5) is 10.5. The number of nitrogens with one attached hydrogen (secondary N) is 2. The predicted molar refractivity (Wildman–Crippen MR) is 96.0 cm³/mol. The maximum atomic E-state index is 10.9. The Morgan fingerprint density at radius 1 is 1.22 bits per heavy atom. The number of nitro benzene ring substituents is 1. The zero-order chi connectivity index (χ0) is 16.8. The van der Waals surface area contributed by atoms with Crippen LogP contribution in [-0.2, 0) is 0 Å². The molecule has 0 radical (unpaired) electrons. The summed E-state index contributed by atoms with van der Waals surface area (Å²) in [6.07, 6.45) is 1.48. The molecular weight excluding hydrogens is 312 g/mol. The fraction of sp³-hybridized carbons (Fsp3) is 0.125. The van der Waals surface area contributed by atoms with Gasteiger partial charge in [0.1, 0.15) is 0 Å². The molecule has 0 heterocycles. The quantitative estimate of drug-likeness (QED) is 0.388. The highest BCUT2D eigenvalue weighted by Crippen LogP contribution is 2.18. The predicted octanol–water partition coefficient (Wildman–Crippen LogP) is 3.53. The first-order valence-electron chi connectivity index (χ1n) is 6.87. The van der Waals surface area contributed by atoms with Crippen molar-refractivity contribution >= 4 is 34.9 Å². The third-order valence-corrected chi connectivity index (χ3v) is 3.31. The molecule has 2 aromatic rings. The first-order chi connectivity index (χ1) is 11.0. The van der Waals surface area contributed by atoms with E-state index >= 15 is 0 Å². The van der Waals surface area contributed by atoms with Crippen molar-refractivity contribution in [3.05, 3.63) is 69.3 Å². The molecular formula is C16H16N4O2S. The number of anilines is 1. The molecule has 0 saturated heterocycles. The maximum absolute atomic E-state index is 10.9. The molecule has 118 valence electrons. The van der Waals surface area contributed by atoms with Crippen LogP contribution in [0, 0.1) is 24.0 Å². The summed E-state index contributed by atoms with van der Waals surface area (Å²) in [7, 11) is 0. The van der Waals surface area contributed by atoms with E-state index in [0.717, 1.165) is 11.3 Å². The summed E-state index contributed by atoms with van der Waals surface area (Å²) in [6, 6.07) is 12.7. The summed E-state index contributed by atoms with van der Waals surface area (Å²) in [5.74, 6) is 0. The van der Waals surface area contributed by atoms with Gasteiger partial charge in [-0.3, -0.25) is 15.5 Å². The van der Waals surface area contributed by atoms with Crippen molar-refractivity contribution in [3.63, 3.8) is 0 Å². The van der Waals surface area contributed by atoms with Gasteiger partial charge in [-0.1, -0.05) is 29.8 Å². The molecule has 0 saturated carbocycles. The Labute approximate surface area is 139 Å². The number of benzene rings is 2. The van der Waals surface area contributed by atoms with E-state index in [0.29, 0.717) is 16.2 Å². The zero-order valence-electron chi connectivity index (χ0n) is 12.7. The third-order valence-electron chi connectivity index (χ3n) is 3.12. The summed E-state index contributed by atoms with van der Waals surface area (Å²) in [6.45, 7) is 3.70. The van der Waals surface area contributed by atoms with Crippen molar-refractivity contribution in [2.75, 3.05) is 5.32 Å². The second kappa shape index (κ2) is 7.46. The molecule has 0 bridgehead atoms. The first kappa shape index (κ1) is 16.6. The van der Waals surface area contributed by atoms with Crippen molar-refractivity contribution < 1.29 is 4.92 Å². The van der Waals surface area contributed by atoms with E-state index in [1.165, 1.54) is 12.3 Å². The van der Waals surface area contributed by atoms with E-state index in [-0.39, 0.29) is 5.69 Å². The number of nitro groups is 1. The van der Waals surface area contributed by atoms with E-state index in [1.807, 2.05) is 31.2 Å². The summed E-state index contributed by atoms with van der Waals surface area (Å²) >= 11 is 5.13. The van der Waals surface area contributed by atoms with Gasteiger partial charge in [-0.15, -0.1) is 0 Å². The summed E-state index contributed by atoms with van der Waals surface area (Å²) < 4.78 is 0. The van der Waals surface area contributed by atoms with Crippen LogP contribution in [-0.4, -0.2) is 16.3 Å². The number of hydrogen-bond donors (Lipinski definition) is 2. The summed E-state index contributed by atoms with van der Waals surface area (Å²) in [5, 5.41) is 18.2. The van der Waals surface area contributed by atoms with Crippen molar-refractivity contribution in [3.8, 4) is 0 Å². The lowest BCUT2D eigenvalue weighted by Crippen LogP contribution is -2.23. The Kier molecular flexibility index (Phi) is 5.37. The van der Waals surface area contributed by atoms with Crippen LogP contribution >= 0.6 is 12.2 Å². The van der Waals surface area contributed by atoms with Crippen molar-refractivity contribution in [1.82, 2.24) is 5.43 Å². The Balaban J connectivity index is 1.96. The minimum atomic E-state index is -0.413. The van der Waals surface area contributed by atoms with Gasteiger partial charge in [0.2, 0.25) is 0 Å². The van der Waals surface area contributed by atoms with Gasteiger partial charge in [-0.2, -0.15) is 5.10 Å². The minimum absolute atomic E-state index is 0.0642. The van der Waals surface area contributed by atoms with Crippen LogP contribution in [0.3, 0.4) is 0 Å². The molecule has 0 aliphatic heterocycles. The van der Waals surface area contributed by atoms with E-state index in [2.05, 4.69) is 15.8 Å². The maximum Gasteiger partial charge on any atom is 0.272 e. The fourth-order valence-electron chi connectivity index (χ4n) is 1.86. The lowest BCUT2D eigenvalue weighted by atomic mass is 10.1. The molecule has 2 rings (SSSR count). The fourth-order valence-corrected chi connectivity index (χ4v) is 2.04. The molecule has 0 fully saturated rings. The number of nitrogens with zero attached hydrogens (tertiary/aromatic N) is 2. The molecule has 6 nitrogen and oxygen atoms in total. The van der Waals surface area contributed by atoms with Gasteiger partial charge < -0.3 is 5.32 Å². The van der Waals surface area contributed by atoms with E-state index < -0.39 is 4.92 Å². The summed E-state index contributed by atoms with van der Waals surface area (Å²) in [5.41, 5.74) is 5.98. The highest BCUT2D eigenvalue weighted by atomic mass is 32.1. The molecule has 7 heteroatoms. The van der Waals surface area contributed by atoms with Crippen LogP contribution in [0.2, 0.25) is 0 Å². The topological polar surface area (TPSA) is 79.6 Å². The monoisotopic (exact) mass is 328 g/mol. The average molecular weight is 328 g/mol. The Hall–Kier alpha value is -2.80. The van der Waals surface area contributed by atoms with Gasteiger partial charge in [0, 0.05) is 22.9 Å². The highest BCUT2D eigenvalue weighted by Gasteiger charge is 2.09. The number of hydrazone groups is 1. The van der Waals surface area contributed by atoms with Gasteiger partial charge in [-0.25, -0.2) is 0 Å². The second-order valence-electron chi connectivity index (χ2n) is 4.99. The van der Waals surface area contributed by atoms with E-state index in [9.17, 15) is 10.1 Å². The molecule has 0 unspecified atom stereocenters. The largest absolute Gasteiger partial charge is 0.331 e. The zero-order valence-corrected chi connectivity index (χ0v) is 13.6. The second-order valence-corrected chi connectivity index (χ2v) is 5.40. The van der Waals surface area contributed by atoms with Gasteiger partial charge in [0.05, 0.1) is 11.1 Å². The third kappa shape index (κ3) is 4.86. The number of aryl methyl sites for hydroxylation is 2. The normalized spacial score (nSPS) is 10.5. The molecule has 2 aromatic carbocycles. The Bertz CT molecular complexity index is 757. The molecule has 0 amide bonds. The van der Waals surface area contributed by atoms with Crippen LogP contribution in [0.1, 0.15) is 16.7 Å². The molecule has 0 atom stereocenters. The molecule has 0 aliphatic carbocycles. The highest BCUT2D eigenvalue weighted by molar-refractivity contribution is 7.80. The Morgan fingerprint density at radius 2 is 1.91 bits per heavy atom. The van der Waals surface area contributed by atoms with E-state index in [4.69, 9.17) is 12.2 Å². The molecule has 2 N–H and O–H groups in total. The average Bonchev–Trinajstić information content (AvgIpc) is 2.51. The van der Waals surface area contributed by atoms with Crippen molar-refractivity contribution in [1.29, 1.82) is 0 Å². The van der Waals surface area contributed by atoms with Crippen LogP contribution in [0.4, 0.5) is 11.4 Å². The van der Waals surface area contributed by atoms with Crippen LogP contribution in [0.25, 0.3) is 0 Å². The van der Waals surface area contributed by atoms with Gasteiger partial charge in [0.25, 0.3) is 5.69 Å². The first-order valence-corrected chi connectivity index (χ1v) is 7.28. The van der Waals surface area contributed by atoms with Gasteiger partial charge in [0.15, 0.2) is 5.11 Å². The molecule has 0 aromatic heterocycles. The van der Waals surface area contributed by atoms with Crippen molar-refractivity contribution in [2.45, 2.75) is 13.8 Å². The number of hydrogen-bond acceptors (Lipinski definition) is 4. The van der Waals surface area contributed by atoms with Crippen molar-refractivity contribution in [2.24, 2.45) is 5.10 Å². The number of thiocarbonyl (C=S) groups is 1. The minimum Gasteiger partial charge on any atom is -0.331 e. The van der Waals surface area contributed by atoms with Gasteiger partial charge >= 0.3 is 0 Å². The smallest absolute Gasteiger partial charge is 0.272 e. The Morgan fingerprint density at radius 3 is 2.57 bits per heavy atom. The van der Waals surface area contributed by atoms with Gasteiger partial charge in [-0.05, 0) is 38.2 Å². The van der Waals surface area contributed by atoms with Crippen LogP contribution in [0.5, 0.6) is 0 Å². The SMILES string of the molecule is Cc1ccc(NC(=S)N/N=C\c2ccc(C)c([N+](=O)[O-])c2)cc1. The van der Waals surface area contributed by atoms with Crippen LogP contribution in [0.15, 0.2) is 47.6 Å². The molecule has 23 heavy (non-hydrogen) atoms. The van der Waals surface area contributed by atoms with Crippen LogP contribution < -0.4 is 10.7 Å². The standard InChI is InChI=1S/C16H16N4O2S/c1-11-3-7-14(8-4-11)18-16(23)19-17-10-13-6-5-12(2)15(9-13)20(21)22/h3-10H,1-2H3,(H2,18,19,23)/b17-10-. The van der Waals surface area contributed by atoms with E-state index in [1.54, 1.807) is 19.1 Å². The molecule has 0 spiro atoms. The number of rotatable bonds is 4.